The van der Waals surface area contributed by atoms with Crippen molar-refractivity contribution in [2.45, 2.75) is 39.3 Å². The van der Waals surface area contributed by atoms with Crippen molar-refractivity contribution >= 4 is 30.7 Å². The van der Waals surface area contributed by atoms with E-state index in [-0.39, 0.29) is 36.8 Å². The van der Waals surface area contributed by atoms with Gasteiger partial charge in [-0.05, 0) is 32.7 Å². The molecule has 2 rings (SSSR count). The highest BCUT2D eigenvalue weighted by atomic mass is 35.5. The maximum atomic E-state index is 12.6. The SMILES string of the molecule is Cc1nnc(CN(C)CC(=O)N2CCC(C)CC2CN)n1C.Cl.Cl. The molecule has 1 aliphatic heterocycles. The molecule has 0 aliphatic carbocycles. The van der Waals surface area contributed by atoms with Crippen molar-refractivity contribution in [3.05, 3.63) is 11.6 Å². The number of hydrogen-bond acceptors (Lipinski definition) is 5. The maximum absolute atomic E-state index is 12.6. The van der Waals surface area contributed by atoms with E-state index in [0.29, 0.717) is 25.6 Å². The van der Waals surface area contributed by atoms with Gasteiger partial charge < -0.3 is 15.2 Å². The molecule has 0 bridgehead atoms. The zero-order valence-electron chi connectivity index (χ0n) is 14.9. The summed E-state index contributed by atoms with van der Waals surface area (Å²) >= 11 is 0. The van der Waals surface area contributed by atoms with Gasteiger partial charge in [-0.3, -0.25) is 9.69 Å². The molecule has 2 atom stereocenters. The summed E-state index contributed by atoms with van der Waals surface area (Å²) in [7, 11) is 3.88. The monoisotopic (exact) mass is 380 g/mol. The van der Waals surface area contributed by atoms with Gasteiger partial charge in [-0.25, -0.2) is 0 Å². The second-order valence-corrected chi connectivity index (χ2v) is 6.50. The molecule has 2 heterocycles. The number of likely N-dealkylation sites (N-methyl/N-ethyl adjacent to an activating group) is 1. The van der Waals surface area contributed by atoms with Crippen LogP contribution < -0.4 is 5.73 Å². The van der Waals surface area contributed by atoms with Crippen LogP contribution in [0.2, 0.25) is 0 Å². The molecule has 0 radical (unpaired) electrons. The fourth-order valence-corrected chi connectivity index (χ4v) is 3.01. The first-order valence-electron chi connectivity index (χ1n) is 7.95. The van der Waals surface area contributed by atoms with Gasteiger partial charge in [0.2, 0.25) is 5.91 Å². The van der Waals surface area contributed by atoms with Gasteiger partial charge in [-0.15, -0.1) is 35.0 Å². The Morgan fingerprint density at radius 1 is 1.38 bits per heavy atom. The van der Waals surface area contributed by atoms with E-state index in [1.54, 1.807) is 0 Å². The molecule has 9 heteroatoms. The van der Waals surface area contributed by atoms with Crippen LogP contribution in [0.3, 0.4) is 0 Å². The predicted molar refractivity (Wildman–Crippen MR) is 99.5 cm³/mol. The lowest BCUT2D eigenvalue weighted by atomic mass is 9.92. The molecule has 24 heavy (non-hydrogen) atoms. The van der Waals surface area contributed by atoms with Crippen molar-refractivity contribution in [1.29, 1.82) is 0 Å². The summed E-state index contributed by atoms with van der Waals surface area (Å²) in [5, 5.41) is 8.19. The number of halogens is 2. The fourth-order valence-electron chi connectivity index (χ4n) is 3.01. The molecule has 0 aromatic carbocycles. The largest absolute Gasteiger partial charge is 0.337 e. The Morgan fingerprint density at radius 3 is 2.58 bits per heavy atom. The van der Waals surface area contributed by atoms with E-state index in [1.165, 1.54) is 0 Å². The number of carbonyl (C=O) groups excluding carboxylic acids is 1. The van der Waals surface area contributed by atoms with Crippen LogP contribution in [0.15, 0.2) is 0 Å². The lowest BCUT2D eigenvalue weighted by molar-refractivity contribution is -0.136. The average molecular weight is 381 g/mol. The van der Waals surface area contributed by atoms with Gasteiger partial charge in [0.1, 0.15) is 11.6 Å². The Bertz CT molecular complexity index is 524. The van der Waals surface area contributed by atoms with Gasteiger partial charge >= 0.3 is 0 Å². The molecule has 1 amide bonds. The summed E-state index contributed by atoms with van der Waals surface area (Å²) in [4.78, 5) is 16.5. The topological polar surface area (TPSA) is 80.3 Å². The van der Waals surface area contributed by atoms with Crippen LogP contribution in [0.1, 0.15) is 31.4 Å². The minimum Gasteiger partial charge on any atom is -0.337 e. The summed E-state index contributed by atoms with van der Waals surface area (Å²) in [6, 6.07) is 0.182. The molecule has 140 valence electrons. The molecule has 1 aliphatic rings. The number of likely N-dealkylation sites (tertiary alicyclic amines) is 1. The number of piperidine rings is 1. The van der Waals surface area contributed by atoms with E-state index in [2.05, 4.69) is 17.1 Å². The third-order valence-electron chi connectivity index (χ3n) is 4.57. The van der Waals surface area contributed by atoms with E-state index in [0.717, 1.165) is 31.0 Å². The van der Waals surface area contributed by atoms with Gasteiger partial charge in [-0.1, -0.05) is 6.92 Å². The molecular formula is C15H30Cl2N6O. The number of aryl methyl sites for hydroxylation is 1. The van der Waals surface area contributed by atoms with Gasteiger partial charge in [0.25, 0.3) is 0 Å². The van der Waals surface area contributed by atoms with Crippen LogP contribution in [0.5, 0.6) is 0 Å². The lowest BCUT2D eigenvalue weighted by Crippen LogP contribution is -2.51. The quantitative estimate of drug-likeness (QED) is 0.823. The zero-order valence-corrected chi connectivity index (χ0v) is 16.6. The Kier molecular flexibility index (Phi) is 9.80. The van der Waals surface area contributed by atoms with Crippen molar-refractivity contribution in [3.63, 3.8) is 0 Å². The predicted octanol–water partition coefficient (Wildman–Crippen LogP) is 0.985. The molecule has 1 aromatic heterocycles. The van der Waals surface area contributed by atoms with Crippen LogP contribution in [-0.2, 0) is 18.4 Å². The second kappa shape index (κ2) is 10.2. The Morgan fingerprint density at radius 2 is 2.04 bits per heavy atom. The number of nitrogens with zero attached hydrogens (tertiary/aromatic N) is 5. The van der Waals surface area contributed by atoms with Crippen molar-refractivity contribution in [3.8, 4) is 0 Å². The minimum absolute atomic E-state index is 0. The fraction of sp³-hybridized carbons (Fsp3) is 0.800. The van der Waals surface area contributed by atoms with E-state index >= 15 is 0 Å². The van der Waals surface area contributed by atoms with Crippen LogP contribution in [0.25, 0.3) is 0 Å². The molecular weight excluding hydrogens is 351 g/mol. The molecule has 7 nitrogen and oxygen atoms in total. The highest BCUT2D eigenvalue weighted by Crippen LogP contribution is 2.22. The number of rotatable bonds is 5. The third-order valence-corrected chi connectivity index (χ3v) is 4.57. The highest BCUT2D eigenvalue weighted by molar-refractivity contribution is 5.85. The number of nitrogens with two attached hydrogens (primary N) is 1. The van der Waals surface area contributed by atoms with Crippen LogP contribution in [0, 0.1) is 12.8 Å². The molecule has 1 saturated heterocycles. The molecule has 2 N–H and O–H groups in total. The first kappa shape index (κ1) is 23.1. The Labute approximate surface area is 156 Å². The van der Waals surface area contributed by atoms with Gasteiger partial charge in [-0.2, -0.15) is 0 Å². The van der Waals surface area contributed by atoms with Crippen molar-refractivity contribution in [1.82, 2.24) is 24.6 Å². The molecule has 1 fully saturated rings. The highest BCUT2D eigenvalue weighted by Gasteiger charge is 2.29. The zero-order chi connectivity index (χ0) is 16.3. The van der Waals surface area contributed by atoms with Gasteiger partial charge in [0.05, 0.1) is 13.1 Å². The third kappa shape index (κ3) is 5.58. The van der Waals surface area contributed by atoms with Gasteiger partial charge in [0.15, 0.2) is 0 Å². The summed E-state index contributed by atoms with van der Waals surface area (Å²) in [5.74, 6) is 2.55. The number of aromatic nitrogens is 3. The van der Waals surface area contributed by atoms with E-state index in [1.807, 2.05) is 35.4 Å². The number of carbonyl (C=O) groups is 1. The normalized spacial score (nSPS) is 20.5. The lowest BCUT2D eigenvalue weighted by Gasteiger charge is -2.38. The molecule has 0 saturated carbocycles. The van der Waals surface area contributed by atoms with Crippen molar-refractivity contribution in [2.75, 3.05) is 26.7 Å². The van der Waals surface area contributed by atoms with E-state index in [9.17, 15) is 4.79 Å². The van der Waals surface area contributed by atoms with Crippen molar-refractivity contribution < 1.29 is 4.79 Å². The molecule has 0 spiro atoms. The van der Waals surface area contributed by atoms with E-state index in [4.69, 9.17) is 5.73 Å². The first-order chi connectivity index (χ1) is 10.4. The van der Waals surface area contributed by atoms with Crippen LogP contribution in [-0.4, -0.2) is 63.2 Å². The van der Waals surface area contributed by atoms with Crippen LogP contribution >= 0.6 is 24.8 Å². The minimum atomic E-state index is 0. The standard InChI is InChI=1S/C15H28N6O.2ClH/c1-11-5-6-21(13(7-11)8-16)15(22)10-19(3)9-14-18-17-12(2)20(14)4;;/h11,13H,5-10,16H2,1-4H3;2*1H. The maximum Gasteiger partial charge on any atom is 0.237 e. The second-order valence-electron chi connectivity index (χ2n) is 6.50. The number of hydrogen-bond donors (Lipinski definition) is 1. The van der Waals surface area contributed by atoms with Gasteiger partial charge in [0, 0.05) is 26.2 Å². The summed E-state index contributed by atoms with van der Waals surface area (Å²) in [6.07, 6.45) is 2.07. The Hall–Kier alpha value is -0.890. The number of amides is 1. The summed E-state index contributed by atoms with van der Waals surface area (Å²) < 4.78 is 1.95. The smallest absolute Gasteiger partial charge is 0.237 e. The van der Waals surface area contributed by atoms with Crippen molar-refractivity contribution in [2.24, 2.45) is 18.7 Å². The first-order valence-corrected chi connectivity index (χ1v) is 7.95. The van der Waals surface area contributed by atoms with Crippen LogP contribution in [0.4, 0.5) is 0 Å². The Balaban J connectivity index is 0.00000264. The molecule has 2 unspecified atom stereocenters. The molecule has 1 aromatic rings. The summed E-state index contributed by atoms with van der Waals surface area (Å²) in [6.45, 7) is 6.51. The summed E-state index contributed by atoms with van der Waals surface area (Å²) in [5.41, 5.74) is 5.84. The average Bonchev–Trinajstić information content (AvgIpc) is 2.78. The van der Waals surface area contributed by atoms with E-state index < -0.39 is 0 Å².